The van der Waals surface area contributed by atoms with Gasteiger partial charge in [-0.05, 0) is 24.1 Å². The summed E-state index contributed by atoms with van der Waals surface area (Å²) in [5.74, 6) is 0.481. The zero-order valence-corrected chi connectivity index (χ0v) is 12.2. The van der Waals surface area contributed by atoms with E-state index in [0.717, 1.165) is 16.7 Å². The van der Waals surface area contributed by atoms with Crippen LogP contribution in [0.2, 0.25) is 0 Å². The van der Waals surface area contributed by atoms with Gasteiger partial charge in [-0.2, -0.15) is 10.5 Å². The molecule has 0 aliphatic heterocycles. The largest absolute Gasteiger partial charge is 0.369 e. The Labute approximate surface area is 117 Å². The molecule has 0 fully saturated rings. The van der Waals surface area contributed by atoms with E-state index in [2.05, 4.69) is 46.8 Å². The van der Waals surface area contributed by atoms with Crippen molar-refractivity contribution in [3.63, 3.8) is 0 Å². The molecule has 0 saturated carbocycles. The Morgan fingerprint density at radius 3 is 2.61 bits per heavy atom. The van der Waals surface area contributed by atoms with Gasteiger partial charge in [0.2, 0.25) is 0 Å². The average Bonchev–Trinajstić information content (AvgIpc) is 2.34. The van der Waals surface area contributed by atoms with Gasteiger partial charge in [-0.3, -0.25) is 0 Å². The summed E-state index contributed by atoms with van der Waals surface area (Å²) in [7, 11) is 0. The minimum Gasteiger partial charge on any atom is -0.369 e. The Kier molecular flexibility index (Phi) is 5.68. The first kappa shape index (κ1) is 14.5. The van der Waals surface area contributed by atoms with E-state index in [9.17, 15) is 0 Å². The van der Waals surface area contributed by atoms with Crippen LogP contribution in [0.3, 0.4) is 0 Å². The summed E-state index contributed by atoms with van der Waals surface area (Å²) in [4.78, 5) is 2.11. The minimum atomic E-state index is 0.462. The van der Waals surface area contributed by atoms with Gasteiger partial charge in [0.15, 0.2) is 0 Å². The number of halogens is 1. The predicted molar refractivity (Wildman–Crippen MR) is 76.1 cm³/mol. The van der Waals surface area contributed by atoms with Gasteiger partial charge in [0.1, 0.15) is 6.07 Å². The molecule has 0 aromatic heterocycles. The van der Waals surface area contributed by atoms with Crippen molar-refractivity contribution in [2.75, 3.05) is 18.0 Å². The molecular weight excluding hydrogens is 290 g/mol. The van der Waals surface area contributed by atoms with Crippen LogP contribution >= 0.6 is 15.9 Å². The van der Waals surface area contributed by atoms with Crippen molar-refractivity contribution in [3.05, 3.63) is 28.2 Å². The maximum Gasteiger partial charge on any atom is 0.101 e. The number of benzene rings is 1. The molecule has 1 aromatic rings. The number of rotatable bonds is 5. The lowest BCUT2D eigenvalue weighted by atomic mass is 10.1. The third-order valence-corrected chi connectivity index (χ3v) is 2.99. The Hall–Kier alpha value is -1.52. The Bertz CT molecular complexity index is 483. The van der Waals surface area contributed by atoms with Crippen molar-refractivity contribution >= 4 is 21.6 Å². The maximum atomic E-state index is 9.16. The van der Waals surface area contributed by atoms with E-state index in [1.54, 1.807) is 6.07 Å². The van der Waals surface area contributed by atoms with Gasteiger partial charge >= 0.3 is 0 Å². The van der Waals surface area contributed by atoms with Crippen LogP contribution in [0.1, 0.15) is 25.8 Å². The van der Waals surface area contributed by atoms with Crippen molar-refractivity contribution < 1.29 is 0 Å². The molecule has 0 aliphatic carbocycles. The predicted octanol–water partition coefficient (Wildman–Crippen LogP) is 3.70. The second kappa shape index (κ2) is 7.03. The summed E-state index contributed by atoms with van der Waals surface area (Å²) in [6.07, 6.45) is 0.462. The van der Waals surface area contributed by atoms with E-state index < -0.39 is 0 Å². The quantitative estimate of drug-likeness (QED) is 0.833. The molecule has 0 spiro atoms. The van der Waals surface area contributed by atoms with E-state index in [1.807, 2.05) is 12.1 Å². The molecule has 3 nitrogen and oxygen atoms in total. The lowest BCUT2D eigenvalue weighted by molar-refractivity contribution is 0.612. The van der Waals surface area contributed by atoms with Crippen LogP contribution in [0, 0.1) is 28.6 Å². The summed E-state index contributed by atoms with van der Waals surface area (Å²) < 4.78 is 0.946. The first-order valence-electron chi connectivity index (χ1n) is 5.90. The maximum absolute atomic E-state index is 9.16. The summed E-state index contributed by atoms with van der Waals surface area (Å²) in [6, 6.07) is 9.97. The number of nitriles is 2. The fourth-order valence-corrected chi connectivity index (χ4v) is 2.15. The molecule has 0 aliphatic rings. The molecule has 0 amide bonds. The van der Waals surface area contributed by atoms with Gasteiger partial charge in [0, 0.05) is 17.6 Å². The summed E-state index contributed by atoms with van der Waals surface area (Å²) in [5.41, 5.74) is 1.55. The van der Waals surface area contributed by atoms with Crippen LogP contribution in [0.5, 0.6) is 0 Å². The van der Waals surface area contributed by atoms with Crippen LogP contribution in [0.25, 0.3) is 0 Å². The molecule has 0 heterocycles. The van der Waals surface area contributed by atoms with Crippen LogP contribution in [-0.4, -0.2) is 13.1 Å². The highest BCUT2D eigenvalue weighted by Gasteiger charge is 2.13. The molecule has 94 valence electrons. The molecule has 18 heavy (non-hydrogen) atoms. The molecule has 0 bridgehead atoms. The third-order valence-electron chi connectivity index (χ3n) is 2.50. The second-order valence-electron chi connectivity index (χ2n) is 4.52. The first-order chi connectivity index (χ1) is 8.58. The molecule has 1 aromatic carbocycles. The van der Waals surface area contributed by atoms with Crippen molar-refractivity contribution in [1.82, 2.24) is 0 Å². The van der Waals surface area contributed by atoms with E-state index >= 15 is 0 Å². The number of hydrogen-bond donors (Lipinski definition) is 0. The second-order valence-corrected chi connectivity index (χ2v) is 5.44. The molecule has 0 N–H and O–H groups in total. The van der Waals surface area contributed by atoms with Gasteiger partial charge in [-0.15, -0.1) is 0 Å². The molecule has 0 unspecified atom stereocenters. The highest BCUT2D eigenvalue weighted by molar-refractivity contribution is 9.10. The zero-order valence-electron chi connectivity index (χ0n) is 10.7. The molecule has 1 rings (SSSR count). The van der Waals surface area contributed by atoms with E-state index in [4.69, 9.17) is 10.5 Å². The standard InChI is InChI=1S/C14H16BrN3/c1-11(2)10-18(7-3-6-16)14-8-13(15)5-4-12(14)9-17/h4-5,8,11H,3,7,10H2,1-2H3. The Morgan fingerprint density at radius 1 is 1.33 bits per heavy atom. The first-order valence-corrected chi connectivity index (χ1v) is 6.69. The highest BCUT2D eigenvalue weighted by atomic mass is 79.9. The van der Waals surface area contributed by atoms with Crippen LogP contribution in [0.4, 0.5) is 5.69 Å². The topological polar surface area (TPSA) is 50.8 Å². The third kappa shape index (κ3) is 4.05. The van der Waals surface area contributed by atoms with Gasteiger partial charge in [0.25, 0.3) is 0 Å². The molecular formula is C14H16BrN3. The normalized spacial score (nSPS) is 9.89. The minimum absolute atomic E-state index is 0.462. The van der Waals surface area contributed by atoms with Crippen molar-refractivity contribution in [2.24, 2.45) is 5.92 Å². The molecule has 0 saturated heterocycles. The number of anilines is 1. The fraction of sp³-hybridized carbons (Fsp3) is 0.429. The highest BCUT2D eigenvalue weighted by Crippen LogP contribution is 2.25. The smallest absolute Gasteiger partial charge is 0.101 e. The summed E-state index contributed by atoms with van der Waals surface area (Å²) >= 11 is 3.43. The SMILES string of the molecule is CC(C)CN(CCC#N)c1cc(Br)ccc1C#N. The molecule has 0 radical (unpaired) electrons. The Morgan fingerprint density at radius 2 is 2.06 bits per heavy atom. The van der Waals surface area contributed by atoms with Crippen LogP contribution in [0.15, 0.2) is 22.7 Å². The Balaban J connectivity index is 3.07. The van der Waals surface area contributed by atoms with Crippen molar-refractivity contribution in [3.8, 4) is 12.1 Å². The van der Waals surface area contributed by atoms with Gasteiger partial charge in [-0.25, -0.2) is 0 Å². The van der Waals surface area contributed by atoms with Gasteiger partial charge < -0.3 is 4.90 Å². The van der Waals surface area contributed by atoms with E-state index in [0.29, 0.717) is 24.4 Å². The van der Waals surface area contributed by atoms with E-state index in [-0.39, 0.29) is 0 Å². The summed E-state index contributed by atoms with van der Waals surface area (Å²) in [5, 5.41) is 17.9. The fourth-order valence-electron chi connectivity index (χ4n) is 1.80. The number of nitrogens with zero attached hydrogens (tertiary/aromatic N) is 3. The van der Waals surface area contributed by atoms with Crippen molar-refractivity contribution in [2.45, 2.75) is 20.3 Å². The lowest BCUT2D eigenvalue weighted by Gasteiger charge is -2.26. The number of hydrogen-bond acceptors (Lipinski definition) is 3. The molecule has 0 atom stereocenters. The van der Waals surface area contributed by atoms with Gasteiger partial charge in [-0.1, -0.05) is 29.8 Å². The van der Waals surface area contributed by atoms with E-state index in [1.165, 1.54) is 0 Å². The lowest BCUT2D eigenvalue weighted by Crippen LogP contribution is -2.29. The van der Waals surface area contributed by atoms with Crippen LogP contribution < -0.4 is 4.90 Å². The van der Waals surface area contributed by atoms with Crippen LogP contribution in [-0.2, 0) is 0 Å². The van der Waals surface area contributed by atoms with Gasteiger partial charge in [0.05, 0.1) is 23.7 Å². The average molecular weight is 306 g/mol. The monoisotopic (exact) mass is 305 g/mol. The summed E-state index contributed by atoms with van der Waals surface area (Å²) in [6.45, 7) is 5.75. The molecule has 4 heteroatoms. The zero-order chi connectivity index (χ0) is 13.5. The van der Waals surface area contributed by atoms with Crippen molar-refractivity contribution in [1.29, 1.82) is 10.5 Å².